The minimum absolute atomic E-state index is 0.538. The maximum atomic E-state index is 3.48. The second-order valence-electron chi connectivity index (χ2n) is 5.63. The number of unbranched alkanes of at least 4 members (excludes halogenated alkanes) is 2. The largest absolute Gasteiger partial charge is 0.313 e. The molecule has 1 heteroatoms. The Morgan fingerprint density at radius 3 is 2.72 bits per heavy atom. The smallest absolute Gasteiger partial charge is 0.0317 e. The van der Waals surface area contributed by atoms with Crippen molar-refractivity contribution in [3.8, 4) is 0 Å². The normalized spacial score (nSPS) is 17.4. The third-order valence-electron chi connectivity index (χ3n) is 4.33. The molecule has 100 valence electrons. The molecule has 0 spiro atoms. The molecule has 1 nitrogen and oxygen atoms in total. The van der Waals surface area contributed by atoms with Gasteiger partial charge in [0.15, 0.2) is 0 Å². The van der Waals surface area contributed by atoms with E-state index < -0.39 is 0 Å². The Balaban J connectivity index is 2.00. The molecule has 0 heterocycles. The monoisotopic (exact) mass is 245 g/mol. The van der Waals surface area contributed by atoms with Crippen molar-refractivity contribution in [2.45, 2.75) is 63.8 Å². The SMILES string of the molecule is CCCCCC(NC)c1cccc(C2CCC2)c1. The summed E-state index contributed by atoms with van der Waals surface area (Å²) in [6, 6.07) is 9.82. The van der Waals surface area contributed by atoms with Crippen LogP contribution in [0.4, 0.5) is 0 Å². The van der Waals surface area contributed by atoms with Crippen LogP contribution in [0.1, 0.15) is 75.0 Å². The molecule has 1 aliphatic rings. The first-order chi connectivity index (χ1) is 8.85. The van der Waals surface area contributed by atoms with E-state index in [2.05, 4.69) is 43.6 Å². The Morgan fingerprint density at radius 2 is 2.11 bits per heavy atom. The van der Waals surface area contributed by atoms with Gasteiger partial charge in [0.1, 0.15) is 0 Å². The van der Waals surface area contributed by atoms with Crippen LogP contribution < -0.4 is 5.32 Å². The van der Waals surface area contributed by atoms with Crippen molar-refractivity contribution in [2.24, 2.45) is 0 Å². The number of benzene rings is 1. The van der Waals surface area contributed by atoms with Crippen LogP contribution >= 0.6 is 0 Å². The molecule has 0 saturated heterocycles. The fraction of sp³-hybridized carbons (Fsp3) is 0.647. The van der Waals surface area contributed by atoms with Crippen LogP contribution in [0.5, 0.6) is 0 Å². The van der Waals surface area contributed by atoms with Gasteiger partial charge in [0.05, 0.1) is 0 Å². The van der Waals surface area contributed by atoms with Crippen molar-refractivity contribution < 1.29 is 0 Å². The molecule has 0 aromatic heterocycles. The Labute approximate surface area is 112 Å². The third-order valence-corrected chi connectivity index (χ3v) is 4.33. The van der Waals surface area contributed by atoms with E-state index in [1.165, 1.54) is 50.5 Å². The molecule has 1 saturated carbocycles. The van der Waals surface area contributed by atoms with Crippen molar-refractivity contribution in [2.75, 3.05) is 7.05 Å². The zero-order valence-electron chi connectivity index (χ0n) is 11.9. The van der Waals surface area contributed by atoms with Crippen molar-refractivity contribution in [3.05, 3.63) is 35.4 Å². The first kappa shape index (κ1) is 13.6. The summed E-state index contributed by atoms with van der Waals surface area (Å²) >= 11 is 0. The second-order valence-corrected chi connectivity index (χ2v) is 5.63. The molecule has 1 unspecified atom stereocenters. The highest BCUT2D eigenvalue weighted by molar-refractivity contribution is 5.29. The molecule has 1 aromatic carbocycles. The maximum absolute atomic E-state index is 3.48. The standard InChI is InChI=1S/C17H27N/c1-3-4-5-12-17(18-2)16-11-7-10-15(13-16)14-8-6-9-14/h7,10-11,13-14,17-18H,3-6,8-9,12H2,1-2H3. The van der Waals surface area contributed by atoms with Crippen molar-refractivity contribution in [3.63, 3.8) is 0 Å². The third kappa shape index (κ3) is 3.35. The summed E-state index contributed by atoms with van der Waals surface area (Å²) < 4.78 is 0. The van der Waals surface area contributed by atoms with Gasteiger partial charge in [-0.05, 0) is 43.4 Å². The van der Waals surface area contributed by atoms with E-state index in [-0.39, 0.29) is 0 Å². The van der Waals surface area contributed by atoms with Crippen LogP contribution in [0.25, 0.3) is 0 Å². The van der Waals surface area contributed by atoms with E-state index in [0.29, 0.717) is 6.04 Å². The van der Waals surface area contributed by atoms with Crippen molar-refractivity contribution in [1.82, 2.24) is 5.32 Å². The molecular formula is C17H27N. The van der Waals surface area contributed by atoms with Gasteiger partial charge in [-0.15, -0.1) is 0 Å². The van der Waals surface area contributed by atoms with Crippen molar-refractivity contribution >= 4 is 0 Å². The molecule has 1 aliphatic carbocycles. The van der Waals surface area contributed by atoms with Gasteiger partial charge < -0.3 is 5.32 Å². The summed E-state index contributed by atoms with van der Waals surface area (Å²) in [5.74, 6) is 0.845. The number of rotatable bonds is 7. The lowest BCUT2D eigenvalue weighted by molar-refractivity contribution is 0.418. The highest BCUT2D eigenvalue weighted by Crippen LogP contribution is 2.37. The summed E-state index contributed by atoms with van der Waals surface area (Å²) in [6.07, 6.45) is 9.45. The first-order valence-corrected chi connectivity index (χ1v) is 7.62. The zero-order valence-corrected chi connectivity index (χ0v) is 11.9. The van der Waals surface area contributed by atoms with Crippen molar-refractivity contribution in [1.29, 1.82) is 0 Å². The molecule has 1 aromatic rings. The van der Waals surface area contributed by atoms with Gasteiger partial charge in [-0.2, -0.15) is 0 Å². The minimum atomic E-state index is 0.538. The van der Waals surface area contributed by atoms with Crippen LogP contribution in [0, 0.1) is 0 Å². The molecule has 0 amide bonds. The van der Waals surface area contributed by atoms with E-state index in [1.54, 1.807) is 5.56 Å². The average molecular weight is 245 g/mol. The van der Waals surface area contributed by atoms with E-state index in [4.69, 9.17) is 0 Å². The van der Waals surface area contributed by atoms with Crippen LogP contribution in [-0.2, 0) is 0 Å². The fourth-order valence-electron chi connectivity index (χ4n) is 2.85. The van der Waals surface area contributed by atoms with E-state index in [9.17, 15) is 0 Å². The van der Waals surface area contributed by atoms with E-state index in [0.717, 1.165) is 5.92 Å². The summed E-state index contributed by atoms with van der Waals surface area (Å²) in [5, 5.41) is 3.48. The van der Waals surface area contributed by atoms with Gasteiger partial charge in [0.25, 0.3) is 0 Å². The topological polar surface area (TPSA) is 12.0 Å². The van der Waals surface area contributed by atoms with Crippen LogP contribution in [0.3, 0.4) is 0 Å². The summed E-state index contributed by atoms with van der Waals surface area (Å²) in [6.45, 7) is 2.27. The predicted octanol–water partition coefficient (Wildman–Crippen LogP) is 4.79. The summed E-state index contributed by atoms with van der Waals surface area (Å²) in [4.78, 5) is 0. The number of nitrogens with one attached hydrogen (secondary N) is 1. The van der Waals surface area contributed by atoms with E-state index >= 15 is 0 Å². The fourth-order valence-corrected chi connectivity index (χ4v) is 2.85. The first-order valence-electron chi connectivity index (χ1n) is 7.62. The van der Waals surface area contributed by atoms with Gasteiger partial charge in [0, 0.05) is 6.04 Å². The Morgan fingerprint density at radius 1 is 1.28 bits per heavy atom. The van der Waals surface area contributed by atoms with Crippen LogP contribution in [0.2, 0.25) is 0 Å². The Hall–Kier alpha value is -0.820. The van der Waals surface area contributed by atoms with Gasteiger partial charge in [-0.25, -0.2) is 0 Å². The highest BCUT2D eigenvalue weighted by Gasteiger charge is 2.20. The van der Waals surface area contributed by atoms with Gasteiger partial charge in [0.2, 0.25) is 0 Å². The molecule has 1 N–H and O–H groups in total. The zero-order chi connectivity index (χ0) is 12.8. The molecule has 0 radical (unpaired) electrons. The maximum Gasteiger partial charge on any atom is 0.0317 e. The lowest BCUT2D eigenvalue weighted by Gasteiger charge is -2.27. The van der Waals surface area contributed by atoms with E-state index in [1.807, 2.05) is 0 Å². The molecule has 1 atom stereocenters. The Bertz CT molecular complexity index is 354. The summed E-state index contributed by atoms with van der Waals surface area (Å²) in [5.41, 5.74) is 3.05. The second kappa shape index (κ2) is 6.94. The van der Waals surface area contributed by atoms with Gasteiger partial charge in [-0.3, -0.25) is 0 Å². The molecule has 0 aliphatic heterocycles. The number of hydrogen-bond donors (Lipinski definition) is 1. The van der Waals surface area contributed by atoms with Gasteiger partial charge >= 0.3 is 0 Å². The predicted molar refractivity (Wildman–Crippen MR) is 79.0 cm³/mol. The lowest BCUT2D eigenvalue weighted by atomic mass is 9.79. The lowest BCUT2D eigenvalue weighted by Crippen LogP contribution is -2.17. The molecule has 0 bridgehead atoms. The quantitative estimate of drug-likeness (QED) is 0.681. The van der Waals surface area contributed by atoms with Crippen LogP contribution in [-0.4, -0.2) is 7.05 Å². The molecule has 1 fully saturated rings. The molecular weight excluding hydrogens is 218 g/mol. The summed E-state index contributed by atoms with van der Waals surface area (Å²) in [7, 11) is 2.09. The minimum Gasteiger partial charge on any atom is -0.313 e. The Kier molecular flexibility index (Phi) is 5.25. The molecule has 18 heavy (non-hydrogen) atoms. The number of hydrogen-bond acceptors (Lipinski definition) is 1. The average Bonchev–Trinajstić information content (AvgIpc) is 2.33. The van der Waals surface area contributed by atoms with Crippen LogP contribution in [0.15, 0.2) is 24.3 Å². The molecule has 2 rings (SSSR count). The van der Waals surface area contributed by atoms with Gasteiger partial charge in [-0.1, -0.05) is 56.9 Å². The highest BCUT2D eigenvalue weighted by atomic mass is 14.9.